The molecule has 0 rings (SSSR count). The summed E-state index contributed by atoms with van der Waals surface area (Å²) in [5.74, 6) is 0.304. The van der Waals surface area contributed by atoms with Crippen molar-refractivity contribution in [3.05, 3.63) is 0 Å². The van der Waals surface area contributed by atoms with Gasteiger partial charge in [0.05, 0.1) is 10.5 Å². The Bertz CT molecular complexity index is 252. The number of halogens is 1. The van der Waals surface area contributed by atoms with Gasteiger partial charge in [0.2, 0.25) is 0 Å². The van der Waals surface area contributed by atoms with Crippen molar-refractivity contribution in [2.75, 3.05) is 5.75 Å². The quantitative estimate of drug-likeness (QED) is 0.727. The van der Waals surface area contributed by atoms with Crippen LogP contribution in [-0.2, 0) is 9.84 Å². The van der Waals surface area contributed by atoms with Gasteiger partial charge in [-0.15, -0.1) is 0 Å². The van der Waals surface area contributed by atoms with Gasteiger partial charge in [-0.3, -0.25) is 0 Å². The summed E-state index contributed by atoms with van der Waals surface area (Å²) in [7, 11) is -2.92. The Morgan fingerprint density at radius 3 is 2.14 bits per heavy atom. The van der Waals surface area contributed by atoms with E-state index < -0.39 is 14.6 Å². The van der Waals surface area contributed by atoms with Crippen molar-refractivity contribution >= 4 is 25.8 Å². The predicted octanol–water partition coefficient (Wildman–Crippen LogP) is 3.15. The molecule has 0 saturated carbocycles. The Morgan fingerprint density at radius 1 is 1.29 bits per heavy atom. The van der Waals surface area contributed by atoms with Gasteiger partial charge in [0.25, 0.3) is 0 Å². The first-order valence-corrected chi connectivity index (χ1v) is 7.64. The summed E-state index contributed by atoms with van der Waals surface area (Å²) in [4.78, 5) is 0.456. The Morgan fingerprint density at radius 2 is 1.79 bits per heavy atom. The van der Waals surface area contributed by atoms with Crippen LogP contribution in [0.2, 0.25) is 0 Å². The SMILES string of the molecule is CCC(Br)CCCS(=O)(=O)C(C)(C)C. The zero-order valence-corrected chi connectivity index (χ0v) is 11.9. The summed E-state index contributed by atoms with van der Waals surface area (Å²) in [6.07, 6.45) is 2.74. The number of hydrogen-bond donors (Lipinski definition) is 0. The van der Waals surface area contributed by atoms with Crippen LogP contribution < -0.4 is 0 Å². The van der Waals surface area contributed by atoms with Crippen LogP contribution in [-0.4, -0.2) is 23.7 Å². The van der Waals surface area contributed by atoms with Crippen molar-refractivity contribution in [2.45, 2.75) is 56.5 Å². The zero-order chi connectivity index (χ0) is 11.4. The van der Waals surface area contributed by atoms with Gasteiger partial charge in [0.15, 0.2) is 9.84 Å². The molecule has 86 valence electrons. The molecule has 0 aliphatic carbocycles. The summed E-state index contributed by atoms with van der Waals surface area (Å²) < 4.78 is 22.8. The molecule has 1 unspecified atom stereocenters. The Labute approximate surface area is 96.5 Å². The second-order valence-electron chi connectivity index (χ2n) is 4.58. The Balaban J connectivity index is 4.03. The van der Waals surface area contributed by atoms with Gasteiger partial charge in [-0.1, -0.05) is 22.9 Å². The maximum Gasteiger partial charge on any atom is 0.155 e. The van der Waals surface area contributed by atoms with Gasteiger partial charge < -0.3 is 0 Å². The summed E-state index contributed by atoms with van der Waals surface area (Å²) in [6, 6.07) is 0. The molecule has 0 spiro atoms. The Hall–Kier alpha value is 0.430. The molecule has 0 aromatic rings. The third kappa shape index (κ3) is 4.78. The highest BCUT2D eigenvalue weighted by atomic mass is 79.9. The van der Waals surface area contributed by atoms with E-state index in [1.54, 1.807) is 20.8 Å². The van der Waals surface area contributed by atoms with Crippen molar-refractivity contribution in [1.29, 1.82) is 0 Å². The van der Waals surface area contributed by atoms with E-state index in [-0.39, 0.29) is 0 Å². The molecule has 0 aromatic carbocycles. The number of hydrogen-bond acceptors (Lipinski definition) is 2. The fourth-order valence-electron chi connectivity index (χ4n) is 1.01. The lowest BCUT2D eigenvalue weighted by Crippen LogP contribution is -2.30. The summed E-state index contributed by atoms with van der Waals surface area (Å²) in [6.45, 7) is 7.37. The minimum Gasteiger partial charge on any atom is -0.228 e. The third-order valence-electron chi connectivity index (χ3n) is 2.31. The summed E-state index contributed by atoms with van der Waals surface area (Å²) in [5, 5.41) is 0. The lowest BCUT2D eigenvalue weighted by atomic mass is 10.2. The van der Waals surface area contributed by atoms with Crippen LogP contribution >= 0.6 is 15.9 Å². The molecule has 0 bridgehead atoms. The predicted molar refractivity (Wildman–Crippen MR) is 65.8 cm³/mol. The minimum absolute atomic E-state index is 0.304. The van der Waals surface area contributed by atoms with E-state index in [1.807, 2.05) is 0 Å². The van der Waals surface area contributed by atoms with Crippen molar-refractivity contribution < 1.29 is 8.42 Å². The molecule has 0 fully saturated rings. The highest BCUT2D eigenvalue weighted by molar-refractivity contribution is 9.09. The lowest BCUT2D eigenvalue weighted by molar-refractivity contribution is 0.555. The monoisotopic (exact) mass is 284 g/mol. The van der Waals surface area contributed by atoms with E-state index >= 15 is 0 Å². The van der Waals surface area contributed by atoms with Crippen LogP contribution in [0.4, 0.5) is 0 Å². The molecule has 0 heterocycles. The van der Waals surface area contributed by atoms with E-state index in [0.29, 0.717) is 10.6 Å². The molecule has 0 aliphatic heterocycles. The molecule has 0 N–H and O–H groups in total. The first-order chi connectivity index (χ1) is 6.20. The zero-order valence-electron chi connectivity index (χ0n) is 9.51. The van der Waals surface area contributed by atoms with Crippen LogP contribution in [0.15, 0.2) is 0 Å². The fourth-order valence-corrected chi connectivity index (χ4v) is 2.49. The van der Waals surface area contributed by atoms with Crippen molar-refractivity contribution in [1.82, 2.24) is 0 Å². The molecular weight excluding hydrogens is 264 g/mol. The second kappa shape index (κ2) is 5.50. The molecule has 0 amide bonds. The van der Waals surface area contributed by atoms with Crippen molar-refractivity contribution in [3.63, 3.8) is 0 Å². The average Bonchev–Trinajstić information content (AvgIpc) is 2.01. The van der Waals surface area contributed by atoms with Crippen molar-refractivity contribution in [2.24, 2.45) is 0 Å². The average molecular weight is 285 g/mol. The van der Waals surface area contributed by atoms with Crippen LogP contribution in [0.5, 0.6) is 0 Å². The molecule has 1 atom stereocenters. The first-order valence-electron chi connectivity index (χ1n) is 5.07. The van der Waals surface area contributed by atoms with Gasteiger partial charge in [0, 0.05) is 4.83 Å². The van der Waals surface area contributed by atoms with E-state index in [9.17, 15) is 8.42 Å². The van der Waals surface area contributed by atoms with E-state index in [1.165, 1.54) is 0 Å². The molecule has 14 heavy (non-hydrogen) atoms. The Kier molecular flexibility index (Phi) is 5.67. The van der Waals surface area contributed by atoms with E-state index in [0.717, 1.165) is 19.3 Å². The standard InChI is InChI=1S/C10H21BrO2S/c1-5-9(11)7-6-8-14(12,13)10(2,3)4/h9H,5-8H2,1-4H3. The smallest absolute Gasteiger partial charge is 0.155 e. The van der Waals surface area contributed by atoms with Crippen LogP contribution in [0.1, 0.15) is 47.0 Å². The summed E-state index contributed by atoms with van der Waals surface area (Å²) in [5.41, 5.74) is 0. The van der Waals surface area contributed by atoms with Gasteiger partial charge in [-0.25, -0.2) is 8.42 Å². The maximum atomic E-state index is 11.7. The van der Waals surface area contributed by atoms with E-state index in [2.05, 4.69) is 22.9 Å². The molecule has 0 aromatic heterocycles. The van der Waals surface area contributed by atoms with E-state index in [4.69, 9.17) is 0 Å². The van der Waals surface area contributed by atoms with Crippen LogP contribution in [0.25, 0.3) is 0 Å². The topological polar surface area (TPSA) is 34.1 Å². The number of alkyl halides is 1. The highest BCUT2D eigenvalue weighted by Gasteiger charge is 2.28. The van der Waals surface area contributed by atoms with Gasteiger partial charge in [-0.2, -0.15) is 0 Å². The molecular formula is C10H21BrO2S. The maximum absolute atomic E-state index is 11.7. The van der Waals surface area contributed by atoms with Crippen LogP contribution in [0.3, 0.4) is 0 Å². The molecule has 0 saturated heterocycles. The highest BCUT2D eigenvalue weighted by Crippen LogP contribution is 2.19. The fraction of sp³-hybridized carbons (Fsp3) is 1.00. The largest absolute Gasteiger partial charge is 0.228 e. The number of rotatable bonds is 5. The molecule has 0 aliphatic rings. The van der Waals surface area contributed by atoms with Crippen molar-refractivity contribution in [3.8, 4) is 0 Å². The van der Waals surface area contributed by atoms with Crippen LogP contribution in [0, 0.1) is 0 Å². The van der Waals surface area contributed by atoms with Gasteiger partial charge >= 0.3 is 0 Å². The number of sulfone groups is 1. The molecule has 0 radical (unpaired) electrons. The third-order valence-corrected chi connectivity index (χ3v) is 6.10. The van der Waals surface area contributed by atoms with Gasteiger partial charge in [-0.05, 0) is 40.0 Å². The minimum atomic E-state index is -2.92. The lowest BCUT2D eigenvalue weighted by Gasteiger charge is -2.19. The molecule has 4 heteroatoms. The summed E-state index contributed by atoms with van der Waals surface area (Å²) >= 11 is 3.50. The van der Waals surface area contributed by atoms with Gasteiger partial charge in [0.1, 0.15) is 0 Å². The normalized spacial score (nSPS) is 15.5. The molecule has 2 nitrogen and oxygen atoms in total. The second-order valence-corrected chi connectivity index (χ2v) is 8.74. The first kappa shape index (κ1) is 14.4.